The molecule has 4 N–H and O–H groups in total. The zero-order valence-corrected chi connectivity index (χ0v) is 22.7. The number of halogens is 3. The summed E-state index contributed by atoms with van der Waals surface area (Å²) in [6, 6.07) is 5.21. The summed E-state index contributed by atoms with van der Waals surface area (Å²) in [7, 11) is -3.49. The minimum absolute atomic E-state index is 0.00613. The molecule has 0 unspecified atom stereocenters. The van der Waals surface area contributed by atoms with Crippen molar-refractivity contribution in [3.8, 4) is 0 Å². The number of hydrogen-bond donors (Lipinski definition) is 4. The first-order valence-electron chi connectivity index (χ1n) is 12.4. The van der Waals surface area contributed by atoms with Gasteiger partial charge in [0.15, 0.2) is 0 Å². The van der Waals surface area contributed by atoms with Crippen LogP contribution in [-0.4, -0.2) is 119 Å². The maximum Gasteiger partial charge on any atom is 0.490 e. The van der Waals surface area contributed by atoms with Crippen LogP contribution in [0.5, 0.6) is 0 Å². The number of piperazine rings is 2. The lowest BCUT2D eigenvalue weighted by Gasteiger charge is -2.35. The van der Waals surface area contributed by atoms with Crippen molar-refractivity contribution in [2.75, 3.05) is 81.3 Å². The second kappa shape index (κ2) is 14.3. The van der Waals surface area contributed by atoms with Gasteiger partial charge in [-0.3, -0.25) is 19.2 Å². The summed E-state index contributed by atoms with van der Waals surface area (Å²) in [4.78, 5) is 39.8. The molecule has 0 saturated carbocycles. The first-order valence-corrected chi connectivity index (χ1v) is 14.3. The van der Waals surface area contributed by atoms with E-state index in [0.717, 1.165) is 44.5 Å². The number of anilines is 2. The summed E-state index contributed by atoms with van der Waals surface area (Å²) >= 11 is 0. The highest BCUT2D eigenvalue weighted by molar-refractivity contribution is 7.92. The Morgan fingerprint density at radius 2 is 1.64 bits per heavy atom. The minimum Gasteiger partial charge on any atom is -0.475 e. The molecular weight excluding hydrogens is 545 g/mol. The van der Waals surface area contributed by atoms with Crippen molar-refractivity contribution in [2.24, 2.45) is 0 Å². The van der Waals surface area contributed by atoms with Crippen LogP contribution in [0.3, 0.4) is 0 Å². The molecule has 16 heteroatoms. The number of carboxylic acids is 1. The van der Waals surface area contributed by atoms with E-state index in [2.05, 4.69) is 20.3 Å². The highest BCUT2D eigenvalue weighted by Gasteiger charge is 2.38. The maximum atomic E-state index is 13.1. The summed E-state index contributed by atoms with van der Waals surface area (Å²) in [5, 5.41) is 13.3. The summed E-state index contributed by atoms with van der Waals surface area (Å²) in [5.74, 6) is -2.89. The van der Waals surface area contributed by atoms with Crippen molar-refractivity contribution >= 4 is 39.2 Å². The number of amides is 2. The molecular formula is C23H35F3N6O6S. The normalized spacial score (nSPS) is 16.6. The van der Waals surface area contributed by atoms with Gasteiger partial charge in [-0.25, -0.2) is 13.2 Å². The minimum atomic E-state index is -5.08. The van der Waals surface area contributed by atoms with Gasteiger partial charge in [0, 0.05) is 64.5 Å². The van der Waals surface area contributed by atoms with Crippen LogP contribution >= 0.6 is 0 Å². The lowest BCUT2D eigenvalue weighted by Crippen LogP contribution is -2.51. The van der Waals surface area contributed by atoms with Gasteiger partial charge in [0.25, 0.3) is 5.91 Å². The average Bonchev–Trinajstić information content (AvgIpc) is 2.87. The van der Waals surface area contributed by atoms with Crippen molar-refractivity contribution < 1.29 is 41.1 Å². The molecule has 2 saturated heterocycles. The van der Waals surface area contributed by atoms with Gasteiger partial charge < -0.3 is 25.5 Å². The number of sulfonamides is 1. The zero-order chi connectivity index (χ0) is 29.2. The fraction of sp³-hybridized carbons (Fsp3) is 0.609. The van der Waals surface area contributed by atoms with Crippen LogP contribution in [0.2, 0.25) is 0 Å². The van der Waals surface area contributed by atoms with Crippen molar-refractivity contribution in [3.63, 3.8) is 0 Å². The molecule has 0 bridgehead atoms. The molecule has 39 heavy (non-hydrogen) atoms. The molecule has 220 valence electrons. The molecule has 1 aromatic carbocycles. The Morgan fingerprint density at radius 3 is 2.15 bits per heavy atom. The number of nitrogens with zero attached hydrogens (tertiary/aromatic N) is 3. The van der Waals surface area contributed by atoms with Gasteiger partial charge in [0.05, 0.1) is 24.2 Å². The predicted molar refractivity (Wildman–Crippen MR) is 139 cm³/mol. The molecule has 0 aromatic heterocycles. The van der Waals surface area contributed by atoms with E-state index >= 15 is 0 Å². The number of alkyl halides is 3. The number of carbonyl (C=O) groups is 3. The molecule has 0 atom stereocenters. The van der Waals surface area contributed by atoms with E-state index < -0.39 is 22.2 Å². The van der Waals surface area contributed by atoms with Crippen LogP contribution in [0.1, 0.15) is 23.7 Å². The van der Waals surface area contributed by atoms with E-state index in [1.165, 1.54) is 0 Å². The van der Waals surface area contributed by atoms with Crippen LogP contribution < -0.4 is 20.3 Å². The highest BCUT2D eigenvalue weighted by atomic mass is 32.2. The summed E-state index contributed by atoms with van der Waals surface area (Å²) < 4.78 is 58.2. The fourth-order valence-electron chi connectivity index (χ4n) is 3.95. The number of rotatable bonds is 8. The third-order valence-electron chi connectivity index (χ3n) is 5.84. The van der Waals surface area contributed by atoms with E-state index in [1.54, 1.807) is 17.0 Å². The van der Waals surface area contributed by atoms with Crippen LogP contribution in [0, 0.1) is 0 Å². The highest BCUT2D eigenvalue weighted by Crippen LogP contribution is 2.29. The Labute approximate surface area is 225 Å². The Balaban J connectivity index is 0.000000673. The number of carboxylic acid groups (broad SMARTS) is 1. The lowest BCUT2D eigenvalue weighted by atomic mass is 10.1. The predicted octanol–water partition coefficient (Wildman–Crippen LogP) is 0.385. The summed E-state index contributed by atoms with van der Waals surface area (Å²) in [6.45, 7) is 8.48. The molecule has 2 aliphatic heterocycles. The quantitative estimate of drug-likeness (QED) is 0.342. The van der Waals surface area contributed by atoms with Crippen LogP contribution in [-0.2, 0) is 19.6 Å². The average molecular weight is 581 g/mol. The molecule has 0 radical (unpaired) electrons. The third kappa shape index (κ3) is 10.9. The standard InChI is InChI=1S/C21H34N6O4S.C2HF3O2/c1-3-6-23-20(28)16-25-11-13-27(14-12-25)21(29)17-4-5-19(26-9-7-22-8-10-26)18(15-17)24-32(2,30)31;3-2(4,5)1(6)7/h4-5,15,22,24H,3,6-14,16H2,1-2H3,(H,23,28);(H,6,7). The largest absolute Gasteiger partial charge is 0.490 e. The second-order valence-electron chi connectivity index (χ2n) is 9.06. The number of carbonyl (C=O) groups excluding carboxylic acids is 2. The van der Waals surface area contributed by atoms with E-state index in [-0.39, 0.29) is 11.8 Å². The topological polar surface area (TPSA) is 151 Å². The van der Waals surface area contributed by atoms with Gasteiger partial charge in [-0.15, -0.1) is 0 Å². The van der Waals surface area contributed by atoms with Gasteiger partial charge in [-0.05, 0) is 24.6 Å². The maximum absolute atomic E-state index is 13.1. The number of benzene rings is 1. The molecule has 0 aliphatic carbocycles. The van der Waals surface area contributed by atoms with E-state index in [4.69, 9.17) is 9.90 Å². The van der Waals surface area contributed by atoms with E-state index in [1.807, 2.05) is 17.9 Å². The van der Waals surface area contributed by atoms with E-state index in [9.17, 15) is 31.2 Å². The van der Waals surface area contributed by atoms with Crippen molar-refractivity contribution in [3.05, 3.63) is 23.8 Å². The van der Waals surface area contributed by atoms with Gasteiger partial charge in [0.2, 0.25) is 15.9 Å². The summed E-state index contributed by atoms with van der Waals surface area (Å²) in [6.07, 6.45) is -3.07. The third-order valence-corrected chi connectivity index (χ3v) is 6.43. The van der Waals surface area contributed by atoms with E-state index in [0.29, 0.717) is 50.5 Å². The second-order valence-corrected chi connectivity index (χ2v) is 10.8. The van der Waals surface area contributed by atoms with Gasteiger partial charge in [-0.1, -0.05) is 6.92 Å². The SMILES string of the molecule is CCCNC(=O)CN1CCN(C(=O)c2ccc(N3CCNCC3)c(NS(C)(=O)=O)c2)CC1.O=C(O)C(F)(F)F. The number of hydrogen-bond acceptors (Lipinski definition) is 8. The number of nitrogens with one attached hydrogen (secondary N) is 3. The Hall–Kier alpha value is -3.11. The number of aliphatic carboxylic acids is 1. The summed E-state index contributed by atoms with van der Waals surface area (Å²) in [5.41, 5.74) is 1.65. The monoisotopic (exact) mass is 580 g/mol. The van der Waals surface area contributed by atoms with Crippen molar-refractivity contribution in [1.29, 1.82) is 0 Å². The van der Waals surface area contributed by atoms with Crippen LogP contribution in [0.4, 0.5) is 24.5 Å². The Kier molecular flexibility index (Phi) is 11.8. The van der Waals surface area contributed by atoms with Crippen LogP contribution in [0.15, 0.2) is 18.2 Å². The first-order chi connectivity index (χ1) is 18.2. The molecule has 2 heterocycles. The molecule has 3 rings (SSSR count). The molecule has 0 spiro atoms. The first kappa shape index (κ1) is 32.1. The van der Waals surface area contributed by atoms with Gasteiger partial charge in [-0.2, -0.15) is 13.2 Å². The van der Waals surface area contributed by atoms with Crippen LogP contribution in [0.25, 0.3) is 0 Å². The van der Waals surface area contributed by atoms with Gasteiger partial charge in [0.1, 0.15) is 0 Å². The Morgan fingerprint density at radius 1 is 1.05 bits per heavy atom. The molecule has 2 amide bonds. The van der Waals surface area contributed by atoms with Gasteiger partial charge >= 0.3 is 12.1 Å². The molecule has 2 fully saturated rings. The fourth-order valence-corrected chi connectivity index (χ4v) is 4.51. The molecule has 2 aliphatic rings. The molecule has 12 nitrogen and oxygen atoms in total. The van der Waals surface area contributed by atoms with Crippen molar-refractivity contribution in [1.82, 2.24) is 20.4 Å². The van der Waals surface area contributed by atoms with Crippen molar-refractivity contribution in [2.45, 2.75) is 19.5 Å². The lowest BCUT2D eigenvalue weighted by molar-refractivity contribution is -0.192. The smallest absolute Gasteiger partial charge is 0.475 e. The zero-order valence-electron chi connectivity index (χ0n) is 21.9. The Bertz CT molecular complexity index is 1100. The molecule has 1 aromatic rings.